The van der Waals surface area contributed by atoms with Gasteiger partial charge in [-0.25, -0.2) is 0 Å². The normalized spacial score (nSPS) is 14.0. The Kier molecular flexibility index (Phi) is 4.19. The molecule has 0 aliphatic heterocycles. The van der Waals surface area contributed by atoms with Gasteiger partial charge in [-0.15, -0.1) is 0 Å². The zero-order valence-electron chi connectivity index (χ0n) is 21.0. The van der Waals surface area contributed by atoms with E-state index in [1.165, 1.54) is 72.0 Å². The SMILES string of the molecule is Brc1ccc2c3cc4c(cc3n(-c3ccccc3)c2c1)-c1ccccc1C41c2ccccc2-c2ccccc21. The number of fused-ring (bicyclic) bond motifs is 13. The number of aromatic nitrogens is 1. The minimum Gasteiger partial charge on any atom is -0.309 e. The summed E-state index contributed by atoms with van der Waals surface area (Å²) in [5.41, 5.74) is 14.1. The summed E-state index contributed by atoms with van der Waals surface area (Å²) in [5, 5.41) is 2.56. The van der Waals surface area contributed by atoms with Crippen molar-refractivity contribution in [1.29, 1.82) is 0 Å². The molecule has 39 heavy (non-hydrogen) atoms. The Labute approximate surface area is 235 Å². The van der Waals surface area contributed by atoms with Crippen LogP contribution in [0.4, 0.5) is 0 Å². The fraction of sp³-hybridized carbons (Fsp3) is 0.0270. The average molecular weight is 560 g/mol. The number of benzene rings is 6. The van der Waals surface area contributed by atoms with Crippen LogP contribution in [0.2, 0.25) is 0 Å². The molecule has 0 saturated carbocycles. The summed E-state index contributed by atoms with van der Waals surface area (Å²) >= 11 is 3.74. The van der Waals surface area contributed by atoms with Gasteiger partial charge in [0.2, 0.25) is 0 Å². The van der Waals surface area contributed by atoms with Crippen molar-refractivity contribution < 1.29 is 0 Å². The van der Waals surface area contributed by atoms with Crippen molar-refractivity contribution in [2.45, 2.75) is 5.41 Å². The molecule has 182 valence electrons. The Balaban J connectivity index is 1.49. The summed E-state index contributed by atoms with van der Waals surface area (Å²) in [6.07, 6.45) is 0. The van der Waals surface area contributed by atoms with Crippen molar-refractivity contribution in [2.24, 2.45) is 0 Å². The monoisotopic (exact) mass is 559 g/mol. The maximum atomic E-state index is 3.74. The standard InChI is InChI=1S/C37H22BrN/c38-23-18-19-28-30-21-34-29(22-36(30)39(35(28)20-23)24-10-2-1-3-11-24)27-14-6-9-17-33(27)37(34)31-15-7-4-12-25(31)26-13-5-8-16-32(26)37/h1-22H. The van der Waals surface area contributed by atoms with Gasteiger partial charge in [0.05, 0.1) is 16.4 Å². The summed E-state index contributed by atoms with van der Waals surface area (Å²) in [6, 6.07) is 49.4. The van der Waals surface area contributed by atoms with E-state index in [0.717, 1.165) is 4.47 Å². The molecule has 0 saturated heterocycles. The number of halogens is 1. The van der Waals surface area contributed by atoms with Crippen LogP contribution in [-0.2, 0) is 5.41 Å². The minimum atomic E-state index is -0.330. The van der Waals surface area contributed by atoms with E-state index >= 15 is 0 Å². The van der Waals surface area contributed by atoms with E-state index in [2.05, 4.69) is 154 Å². The van der Waals surface area contributed by atoms with E-state index < -0.39 is 0 Å². The molecule has 0 radical (unpaired) electrons. The third-order valence-electron chi connectivity index (χ3n) is 8.86. The molecule has 0 bridgehead atoms. The van der Waals surface area contributed by atoms with Crippen LogP contribution < -0.4 is 0 Å². The van der Waals surface area contributed by atoms with Crippen LogP contribution in [0.3, 0.4) is 0 Å². The number of nitrogens with zero attached hydrogens (tertiary/aromatic N) is 1. The second-order valence-corrected chi connectivity index (χ2v) is 11.5. The molecule has 2 aliphatic rings. The molecule has 0 N–H and O–H groups in total. The van der Waals surface area contributed by atoms with E-state index in [9.17, 15) is 0 Å². The van der Waals surface area contributed by atoms with Crippen LogP contribution in [0.15, 0.2) is 138 Å². The quantitative estimate of drug-likeness (QED) is 0.188. The van der Waals surface area contributed by atoms with E-state index in [0.29, 0.717) is 0 Å². The third-order valence-corrected chi connectivity index (χ3v) is 9.35. The predicted octanol–water partition coefficient (Wildman–Crippen LogP) is 9.89. The van der Waals surface area contributed by atoms with E-state index in [-0.39, 0.29) is 5.41 Å². The van der Waals surface area contributed by atoms with Gasteiger partial charge in [0.15, 0.2) is 0 Å². The topological polar surface area (TPSA) is 4.93 Å². The fourth-order valence-corrected chi connectivity index (χ4v) is 7.78. The molecule has 0 amide bonds. The van der Waals surface area contributed by atoms with Gasteiger partial charge in [-0.05, 0) is 80.9 Å². The summed E-state index contributed by atoms with van der Waals surface area (Å²) in [5.74, 6) is 0. The maximum absolute atomic E-state index is 3.74. The second kappa shape index (κ2) is 7.59. The van der Waals surface area contributed by atoms with Crippen LogP contribution in [0, 0.1) is 0 Å². The highest BCUT2D eigenvalue weighted by Gasteiger charge is 2.51. The van der Waals surface area contributed by atoms with Crippen LogP contribution >= 0.6 is 15.9 Å². The van der Waals surface area contributed by atoms with Crippen molar-refractivity contribution in [1.82, 2.24) is 4.57 Å². The van der Waals surface area contributed by atoms with Crippen LogP contribution in [0.25, 0.3) is 49.7 Å². The molecule has 2 aliphatic carbocycles. The Bertz CT molecular complexity index is 2090. The van der Waals surface area contributed by atoms with Crippen molar-refractivity contribution >= 4 is 37.7 Å². The lowest BCUT2D eigenvalue weighted by Gasteiger charge is -2.30. The number of hydrogen-bond acceptors (Lipinski definition) is 0. The second-order valence-electron chi connectivity index (χ2n) is 10.6. The van der Waals surface area contributed by atoms with Crippen molar-refractivity contribution in [2.75, 3.05) is 0 Å². The van der Waals surface area contributed by atoms with Crippen molar-refractivity contribution in [3.8, 4) is 27.9 Å². The first-order chi connectivity index (χ1) is 19.3. The molecule has 2 heteroatoms. The van der Waals surface area contributed by atoms with E-state index in [1.807, 2.05) is 0 Å². The molecule has 9 rings (SSSR count). The first-order valence-corrected chi connectivity index (χ1v) is 14.2. The minimum absolute atomic E-state index is 0.330. The van der Waals surface area contributed by atoms with Gasteiger partial charge in [0, 0.05) is 20.9 Å². The van der Waals surface area contributed by atoms with Crippen LogP contribution in [-0.4, -0.2) is 4.57 Å². The number of para-hydroxylation sites is 1. The smallest absolute Gasteiger partial charge is 0.0725 e. The maximum Gasteiger partial charge on any atom is 0.0725 e. The van der Waals surface area contributed by atoms with E-state index in [1.54, 1.807) is 0 Å². The molecular weight excluding hydrogens is 538 g/mol. The molecule has 0 fully saturated rings. The molecular formula is C37H22BrN. The zero-order chi connectivity index (χ0) is 25.7. The summed E-state index contributed by atoms with van der Waals surface area (Å²) < 4.78 is 3.50. The number of rotatable bonds is 1. The van der Waals surface area contributed by atoms with Gasteiger partial charge in [-0.3, -0.25) is 0 Å². The molecule has 1 spiro atoms. The summed E-state index contributed by atoms with van der Waals surface area (Å²) in [4.78, 5) is 0. The lowest BCUT2D eigenvalue weighted by molar-refractivity contribution is 0.795. The van der Waals surface area contributed by atoms with Gasteiger partial charge >= 0.3 is 0 Å². The predicted molar refractivity (Wildman–Crippen MR) is 165 cm³/mol. The lowest BCUT2D eigenvalue weighted by atomic mass is 9.70. The highest BCUT2D eigenvalue weighted by molar-refractivity contribution is 9.10. The van der Waals surface area contributed by atoms with E-state index in [4.69, 9.17) is 0 Å². The molecule has 1 heterocycles. The number of hydrogen-bond donors (Lipinski definition) is 0. The van der Waals surface area contributed by atoms with Crippen molar-refractivity contribution in [3.63, 3.8) is 0 Å². The molecule has 0 unspecified atom stereocenters. The van der Waals surface area contributed by atoms with Crippen LogP contribution in [0.5, 0.6) is 0 Å². The lowest BCUT2D eigenvalue weighted by Crippen LogP contribution is -2.25. The highest BCUT2D eigenvalue weighted by Crippen LogP contribution is 2.63. The Morgan fingerprint density at radius 1 is 0.436 bits per heavy atom. The Morgan fingerprint density at radius 3 is 1.62 bits per heavy atom. The average Bonchev–Trinajstić information content (AvgIpc) is 3.57. The Morgan fingerprint density at radius 2 is 0.974 bits per heavy atom. The van der Waals surface area contributed by atoms with Gasteiger partial charge < -0.3 is 4.57 Å². The zero-order valence-corrected chi connectivity index (χ0v) is 22.6. The first kappa shape index (κ1) is 21.5. The fourth-order valence-electron chi connectivity index (χ4n) is 7.43. The van der Waals surface area contributed by atoms with Gasteiger partial charge in [0.25, 0.3) is 0 Å². The molecule has 1 aromatic heterocycles. The third kappa shape index (κ3) is 2.60. The van der Waals surface area contributed by atoms with Gasteiger partial charge in [-0.2, -0.15) is 0 Å². The molecule has 7 aromatic rings. The molecule has 0 atom stereocenters. The largest absolute Gasteiger partial charge is 0.309 e. The summed E-state index contributed by atoms with van der Waals surface area (Å²) in [7, 11) is 0. The first-order valence-electron chi connectivity index (χ1n) is 13.4. The van der Waals surface area contributed by atoms with Gasteiger partial charge in [-0.1, -0.05) is 113 Å². The molecule has 6 aromatic carbocycles. The highest BCUT2D eigenvalue weighted by atomic mass is 79.9. The van der Waals surface area contributed by atoms with Crippen molar-refractivity contribution in [3.05, 3.63) is 160 Å². The molecule has 1 nitrogen and oxygen atoms in total. The van der Waals surface area contributed by atoms with Gasteiger partial charge in [0.1, 0.15) is 0 Å². The Hall–Kier alpha value is -4.40. The van der Waals surface area contributed by atoms with Crippen LogP contribution in [0.1, 0.15) is 22.3 Å². The summed E-state index contributed by atoms with van der Waals surface area (Å²) in [6.45, 7) is 0.